The Balaban J connectivity index is 1.95. The van der Waals surface area contributed by atoms with Crippen LogP contribution < -0.4 is 10.5 Å². The van der Waals surface area contributed by atoms with Crippen molar-refractivity contribution in [3.8, 4) is 5.75 Å². The lowest BCUT2D eigenvalue weighted by Gasteiger charge is -2.35. The Morgan fingerprint density at radius 2 is 1.85 bits per heavy atom. The first-order valence-corrected chi connectivity index (χ1v) is 6.48. The van der Waals surface area contributed by atoms with Crippen LogP contribution in [0.15, 0.2) is 36.4 Å². The van der Waals surface area contributed by atoms with Crippen LogP contribution in [0.1, 0.15) is 28.7 Å². The zero-order chi connectivity index (χ0) is 14.3. The first-order chi connectivity index (χ1) is 9.61. The predicted octanol–water partition coefficient (Wildman–Crippen LogP) is 3.31. The number of benzene rings is 2. The van der Waals surface area contributed by atoms with Gasteiger partial charge in [0, 0.05) is 29.7 Å². The van der Waals surface area contributed by atoms with Crippen LogP contribution >= 0.6 is 0 Å². The van der Waals surface area contributed by atoms with Crippen molar-refractivity contribution in [2.45, 2.75) is 18.4 Å². The Hall–Kier alpha value is -1.94. The molecule has 0 bridgehead atoms. The Bertz CT molecular complexity index is 634. The molecule has 0 amide bonds. The molecule has 1 aliphatic rings. The summed E-state index contributed by atoms with van der Waals surface area (Å²) in [6, 6.07) is 9.50. The minimum absolute atomic E-state index is 0.0383. The summed E-state index contributed by atoms with van der Waals surface area (Å²) in [5.41, 5.74) is 8.30. The summed E-state index contributed by atoms with van der Waals surface area (Å²) in [4.78, 5) is 0. The fourth-order valence-corrected chi connectivity index (χ4v) is 2.82. The van der Waals surface area contributed by atoms with Crippen molar-refractivity contribution in [1.29, 1.82) is 0 Å². The zero-order valence-corrected chi connectivity index (χ0v) is 11.1. The number of nitrogens with two attached hydrogens (primary N) is 1. The highest BCUT2D eigenvalue weighted by molar-refractivity contribution is 5.44. The third kappa shape index (κ3) is 1.96. The van der Waals surface area contributed by atoms with E-state index in [4.69, 9.17) is 10.5 Å². The van der Waals surface area contributed by atoms with Crippen molar-refractivity contribution in [2.24, 2.45) is 5.73 Å². The zero-order valence-electron chi connectivity index (χ0n) is 11.1. The third-order valence-corrected chi connectivity index (χ3v) is 3.95. The fraction of sp³-hybridized carbons (Fsp3) is 0.250. The van der Waals surface area contributed by atoms with Gasteiger partial charge < -0.3 is 10.5 Å². The molecule has 0 aromatic heterocycles. The van der Waals surface area contributed by atoms with Gasteiger partial charge in [-0.15, -0.1) is 0 Å². The molecule has 2 aromatic carbocycles. The Morgan fingerprint density at radius 3 is 2.45 bits per heavy atom. The molecule has 104 valence electrons. The first-order valence-electron chi connectivity index (χ1n) is 6.48. The largest absolute Gasteiger partial charge is 0.497 e. The normalized spacial score (nSPS) is 18.1. The maximum absolute atomic E-state index is 14.0. The number of fused-ring (bicyclic) bond motifs is 1. The van der Waals surface area contributed by atoms with Crippen molar-refractivity contribution >= 4 is 0 Å². The van der Waals surface area contributed by atoms with Gasteiger partial charge in [0.2, 0.25) is 0 Å². The van der Waals surface area contributed by atoms with Crippen molar-refractivity contribution in [1.82, 2.24) is 0 Å². The van der Waals surface area contributed by atoms with Crippen LogP contribution in [-0.4, -0.2) is 7.11 Å². The van der Waals surface area contributed by atoms with Gasteiger partial charge in [-0.05, 0) is 17.5 Å². The minimum Gasteiger partial charge on any atom is -0.497 e. The molecule has 2 atom stereocenters. The van der Waals surface area contributed by atoms with Crippen LogP contribution in [0.2, 0.25) is 0 Å². The van der Waals surface area contributed by atoms with Crippen LogP contribution in [0, 0.1) is 11.6 Å². The van der Waals surface area contributed by atoms with Gasteiger partial charge in [-0.25, -0.2) is 8.78 Å². The van der Waals surface area contributed by atoms with E-state index in [0.29, 0.717) is 0 Å². The monoisotopic (exact) mass is 275 g/mol. The van der Waals surface area contributed by atoms with E-state index in [1.165, 1.54) is 24.8 Å². The molecule has 0 aliphatic heterocycles. The Labute approximate surface area is 116 Å². The Kier molecular flexibility index (Phi) is 3.18. The van der Waals surface area contributed by atoms with E-state index < -0.39 is 17.7 Å². The number of ether oxygens (including phenoxy) is 1. The highest BCUT2D eigenvalue weighted by atomic mass is 19.1. The SMILES string of the molecule is COc1cc(F)c(C(N)C2Cc3ccccc32)c(F)c1. The lowest BCUT2D eigenvalue weighted by atomic mass is 9.72. The average Bonchev–Trinajstić information content (AvgIpc) is 2.39. The predicted molar refractivity (Wildman–Crippen MR) is 72.7 cm³/mol. The van der Waals surface area contributed by atoms with Gasteiger partial charge in [0.25, 0.3) is 0 Å². The molecule has 2 N–H and O–H groups in total. The standard InChI is InChI=1S/C16H15F2NO/c1-20-10-7-13(17)15(14(18)8-10)16(19)12-6-9-4-2-3-5-11(9)12/h2-5,7-8,12,16H,6,19H2,1H3. The third-order valence-electron chi connectivity index (χ3n) is 3.95. The summed E-state index contributed by atoms with van der Waals surface area (Å²) in [5, 5.41) is 0. The highest BCUT2D eigenvalue weighted by Crippen LogP contribution is 2.43. The summed E-state index contributed by atoms with van der Waals surface area (Å²) >= 11 is 0. The topological polar surface area (TPSA) is 35.2 Å². The summed E-state index contributed by atoms with van der Waals surface area (Å²) < 4.78 is 32.9. The summed E-state index contributed by atoms with van der Waals surface area (Å²) in [6.45, 7) is 0. The smallest absolute Gasteiger partial charge is 0.134 e. The number of hydrogen-bond acceptors (Lipinski definition) is 2. The van der Waals surface area contributed by atoms with Crippen LogP contribution in [0.4, 0.5) is 8.78 Å². The van der Waals surface area contributed by atoms with E-state index in [2.05, 4.69) is 0 Å². The average molecular weight is 275 g/mol. The fourth-order valence-electron chi connectivity index (χ4n) is 2.82. The van der Waals surface area contributed by atoms with Gasteiger partial charge in [0.1, 0.15) is 17.4 Å². The highest BCUT2D eigenvalue weighted by Gasteiger charge is 2.34. The van der Waals surface area contributed by atoms with Gasteiger partial charge in [-0.1, -0.05) is 24.3 Å². The number of halogens is 2. The van der Waals surface area contributed by atoms with Crippen LogP contribution in [0.25, 0.3) is 0 Å². The number of hydrogen-bond donors (Lipinski definition) is 1. The summed E-state index contributed by atoms with van der Waals surface area (Å²) in [7, 11) is 1.37. The van der Waals surface area contributed by atoms with E-state index in [1.807, 2.05) is 24.3 Å². The molecule has 2 aromatic rings. The first kappa shape index (κ1) is 13.1. The van der Waals surface area contributed by atoms with Gasteiger partial charge in [0.05, 0.1) is 7.11 Å². The van der Waals surface area contributed by atoms with E-state index in [1.54, 1.807) is 0 Å². The molecule has 2 nitrogen and oxygen atoms in total. The second kappa shape index (κ2) is 4.87. The maximum atomic E-state index is 14.0. The molecule has 3 rings (SSSR count). The number of rotatable bonds is 3. The molecular formula is C16H15F2NO. The van der Waals surface area contributed by atoms with Crippen molar-refractivity contribution in [3.05, 3.63) is 64.7 Å². The lowest BCUT2D eigenvalue weighted by Crippen LogP contribution is -2.30. The van der Waals surface area contributed by atoms with Crippen LogP contribution in [0.5, 0.6) is 5.75 Å². The quantitative estimate of drug-likeness (QED) is 0.932. The molecule has 0 fully saturated rings. The minimum atomic E-state index is -0.684. The van der Waals surface area contributed by atoms with Gasteiger partial charge >= 0.3 is 0 Å². The molecule has 0 saturated heterocycles. The van der Waals surface area contributed by atoms with E-state index in [9.17, 15) is 8.78 Å². The van der Waals surface area contributed by atoms with E-state index in [-0.39, 0.29) is 17.2 Å². The van der Waals surface area contributed by atoms with Gasteiger partial charge in [0.15, 0.2) is 0 Å². The molecule has 0 spiro atoms. The Morgan fingerprint density at radius 1 is 1.20 bits per heavy atom. The van der Waals surface area contributed by atoms with Gasteiger partial charge in [-0.3, -0.25) is 0 Å². The summed E-state index contributed by atoms with van der Waals surface area (Å²) in [6.07, 6.45) is 0.752. The lowest BCUT2D eigenvalue weighted by molar-refractivity contribution is 0.399. The van der Waals surface area contributed by atoms with Crippen molar-refractivity contribution in [3.63, 3.8) is 0 Å². The van der Waals surface area contributed by atoms with Crippen LogP contribution in [-0.2, 0) is 6.42 Å². The van der Waals surface area contributed by atoms with E-state index in [0.717, 1.165) is 12.0 Å². The molecular weight excluding hydrogens is 260 g/mol. The molecule has 1 aliphatic carbocycles. The van der Waals surface area contributed by atoms with Crippen molar-refractivity contribution < 1.29 is 13.5 Å². The summed E-state index contributed by atoms with van der Waals surface area (Å²) in [5.74, 6) is -1.19. The van der Waals surface area contributed by atoms with Crippen molar-refractivity contribution in [2.75, 3.05) is 7.11 Å². The van der Waals surface area contributed by atoms with Gasteiger partial charge in [-0.2, -0.15) is 0 Å². The molecule has 0 radical (unpaired) electrons. The van der Waals surface area contributed by atoms with E-state index >= 15 is 0 Å². The van der Waals surface area contributed by atoms with Crippen LogP contribution in [0.3, 0.4) is 0 Å². The molecule has 0 saturated carbocycles. The second-order valence-electron chi connectivity index (χ2n) is 5.04. The molecule has 0 heterocycles. The molecule has 2 unspecified atom stereocenters. The number of methoxy groups -OCH3 is 1. The maximum Gasteiger partial charge on any atom is 0.134 e. The molecule has 20 heavy (non-hydrogen) atoms. The molecule has 4 heteroatoms. The second-order valence-corrected chi connectivity index (χ2v) is 5.04.